The molecule has 0 aliphatic rings. The van der Waals surface area contributed by atoms with Crippen molar-refractivity contribution in [1.29, 1.82) is 0 Å². The van der Waals surface area contributed by atoms with E-state index in [2.05, 4.69) is 22.8 Å². The Balaban J connectivity index is 1.56. The van der Waals surface area contributed by atoms with E-state index >= 15 is 0 Å². The Morgan fingerprint density at radius 2 is 1.24 bits per heavy atom. The summed E-state index contributed by atoms with van der Waals surface area (Å²) in [7, 11) is 0. The van der Waals surface area contributed by atoms with Gasteiger partial charge in [0, 0.05) is 23.0 Å². The van der Waals surface area contributed by atoms with Gasteiger partial charge in [-0.1, -0.05) is 42.5 Å². The lowest BCUT2D eigenvalue weighted by atomic mass is 10.0. The average molecular weight is 433 g/mol. The number of hydrogen-bond donors (Lipinski definition) is 0. The molecule has 6 rings (SSSR count). The fourth-order valence-corrected chi connectivity index (χ4v) is 4.65. The topological polar surface area (TPSA) is 35.6 Å². The van der Waals surface area contributed by atoms with Crippen molar-refractivity contribution in [2.75, 3.05) is 0 Å². The fraction of sp³-hybridized carbons (Fsp3) is 0.0714. The van der Waals surface area contributed by atoms with Gasteiger partial charge in [0.2, 0.25) is 0 Å². The third-order valence-corrected chi connectivity index (χ3v) is 6.05. The second kappa shape index (κ2) is 7.41. The molecule has 4 aromatic carbocycles. The number of imidazole rings is 2. The molecule has 33 heavy (non-hydrogen) atoms. The zero-order valence-electron chi connectivity index (χ0n) is 18.3. The van der Waals surface area contributed by atoms with Crippen LogP contribution < -0.4 is 0 Å². The maximum Gasteiger partial charge on any atom is 0.126 e. The van der Waals surface area contributed by atoms with Crippen molar-refractivity contribution in [2.24, 2.45) is 0 Å². The molecule has 0 N–H and O–H groups in total. The van der Waals surface area contributed by atoms with Crippen LogP contribution in [0.3, 0.4) is 0 Å². The Morgan fingerprint density at radius 1 is 0.636 bits per heavy atom. The number of halogens is 1. The van der Waals surface area contributed by atoms with Gasteiger partial charge in [-0.15, -0.1) is 0 Å². The van der Waals surface area contributed by atoms with Crippen LogP contribution in [0, 0.1) is 19.7 Å². The molecular weight excluding hydrogens is 411 g/mol. The van der Waals surface area contributed by atoms with Crippen molar-refractivity contribution in [3.8, 4) is 22.5 Å². The largest absolute Gasteiger partial charge is 0.297 e. The number of para-hydroxylation sites is 2. The minimum Gasteiger partial charge on any atom is -0.297 e. The molecule has 0 unspecified atom stereocenters. The van der Waals surface area contributed by atoms with Crippen LogP contribution in [-0.2, 0) is 0 Å². The van der Waals surface area contributed by atoms with Gasteiger partial charge in [0.1, 0.15) is 17.5 Å². The van der Waals surface area contributed by atoms with Crippen molar-refractivity contribution in [3.63, 3.8) is 0 Å². The van der Waals surface area contributed by atoms with E-state index in [1.807, 2.05) is 79.1 Å². The van der Waals surface area contributed by atoms with Crippen molar-refractivity contribution in [1.82, 2.24) is 19.1 Å². The Labute approximate surface area is 190 Å². The summed E-state index contributed by atoms with van der Waals surface area (Å²) in [6, 6.07) is 29.3. The van der Waals surface area contributed by atoms with Gasteiger partial charge < -0.3 is 0 Å². The summed E-state index contributed by atoms with van der Waals surface area (Å²) in [5.74, 6) is 1.43. The highest BCUT2D eigenvalue weighted by Crippen LogP contribution is 2.34. The molecule has 0 radical (unpaired) electrons. The Kier molecular flexibility index (Phi) is 4.37. The predicted molar refractivity (Wildman–Crippen MR) is 131 cm³/mol. The number of aromatic nitrogens is 4. The summed E-state index contributed by atoms with van der Waals surface area (Å²) in [6.07, 6.45) is 0. The Morgan fingerprint density at radius 3 is 1.91 bits per heavy atom. The van der Waals surface area contributed by atoms with Crippen molar-refractivity contribution in [3.05, 3.63) is 108 Å². The molecule has 0 saturated heterocycles. The van der Waals surface area contributed by atoms with Crippen molar-refractivity contribution >= 4 is 22.1 Å². The first kappa shape index (κ1) is 19.4. The highest BCUT2D eigenvalue weighted by atomic mass is 19.1. The zero-order chi connectivity index (χ0) is 22.5. The summed E-state index contributed by atoms with van der Waals surface area (Å²) in [6.45, 7) is 3.95. The summed E-state index contributed by atoms with van der Waals surface area (Å²) in [4.78, 5) is 9.62. The van der Waals surface area contributed by atoms with E-state index in [1.165, 1.54) is 0 Å². The summed E-state index contributed by atoms with van der Waals surface area (Å²) >= 11 is 0. The molecule has 0 atom stereocenters. The number of hydrogen-bond acceptors (Lipinski definition) is 2. The Hall–Kier alpha value is -4.25. The third-order valence-electron chi connectivity index (χ3n) is 6.05. The highest BCUT2D eigenvalue weighted by Gasteiger charge is 2.17. The van der Waals surface area contributed by atoms with E-state index < -0.39 is 0 Å². The molecule has 0 bridgehead atoms. The first-order valence-corrected chi connectivity index (χ1v) is 10.9. The van der Waals surface area contributed by atoms with Crippen molar-refractivity contribution in [2.45, 2.75) is 13.8 Å². The lowest BCUT2D eigenvalue weighted by molar-refractivity contribution is 0.629. The second-order valence-electron chi connectivity index (χ2n) is 8.18. The van der Waals surface area contributed by atoms with Crippen LogP contribution in [0.15, 0.2) is 91.0 Å². The van der Waals surface area contributed by atoms with Gasteiger partial charge in [-0.3, -0.25) is 9.13 Å². The molecule has 0 aliphatic carbocycles. The minimum atomic E-state index is -0.291. The minimum absolute atomic E-state index is 0.291. The number of fused-ring (bicyclic) bond motifs is 2. The maximum atomic E-state index is 14.8. The van der Waals surface area contributed by atoms with Gasteiger partial charge in [0.15, 0.2) is 0 Å². The molecule has 0 spiro atoms. The average Bonchev–Trinajstić information content (AvgIpc) is 3.34. The molecule has 0 aliphatic heterocycles. The van der Waals surface area contributed by atoms with Gasteiger partial charge in [0.25, 0.3) is 0 Å². The van der Waals surface area contributed by atoms with Gasteiger partial charge in [0.05, 0.1) is 22.1 Å². The summed E-state index contributed by atoms with van der Waals surface area (Å²) in [5, 5.41) is 0. The monoisotopic (exact) mass is 432 g/mol. The molecule has 2 heterocycles. The van der Waals surface area contributed by atoms with Crippen LogP contribution in [0.25, 0.3) is 44.6 Å². The second-order valence-corrected chi connectivity index (χ2v) is 8.18. The molecular formula is C28H21FN4. The van der Waals surface area contributed by atoms with Gasteiger partial charge in [-0.2, -0.15) is 0 Å². The predicted octanol–water partition coefficient (Wildman–Crippen LogP) is 6.79. The third kappa shape index (κ3) is 3.12. The number of rotatable bonds is 3. The molecule has 0 fully saturated rings. The number of benzene rings is 4. The SMILES string of the molecule is Cc1nc2cc(-c3cc(F)cc4c3nc(C)n4-c3ccccc3)ccc2n1-c1ccccc1. The summed E-state index contributed by atoms with van der Waals surface area (Å²) < 4.78 is 19.0. The lowest BCUT2D eigenvalue weighted by Crippen LogP contribution is -1.96. The summed E-state index contributed by atoms with van der Waals surface area (Å²) in [5.41, 5.74) is 7.08. The van der Waals surface area contributed by atoms with E-state index in [0.717, 1.165) is 56.2 Å². The molecule has 0 amide bonds. The highest BCUT2D eigenvalue weighted by molar-refractivity contribution is 5.96. The van der Waals surface area contributed by atoms with Crippen LogP contribution in [0.2, 0.25) is 0 Å². The number of nitrogens with zero attached hydrogens (tertiary/aromatic N) is 4. The van der Waals surface area contributed by atoms with E-state index in [1.54, 1.807) is 12.1 Å². The molecule has 4 nitrogen and oxygen atoms in total. The van der Waals surface area contributed by atoms with E-state index in [-0.39, 0.29) is 5.82 Å². The maximum absolute atomic E-state index is 14.8. The van der Waals surface area contributed by atoms with Crippen LogP contribution in [0.1, 0.15) is 11.6 Å². The van der Waals surface area contributed by atoms with Gasteiger partial charge >= 0.3 is 0 Å². The van der Waals surface area contributed by atoms with Gasteiger partial charge in [-0.25, -0.2) is 14.4 Å². The molecule has 0 saturated carbocycles. The first-order chi connectivity index (χ1) is 16.1. The molecule has 2 aromatic heterocycles. The van der Waals surface area contributed by atoms with Crippen LogP contribution >= 0.6 is 0 Å². The molecule has 6 aromatic rings. The van der Waals surface area contributed by atoms with E-state index in [4.69, 9.17) is 9.97 Å². The standard InChI is InChI=1S/C28H21FN4/c1-18-30-25-15-20(13-14-26(25)32(18)22-9-5-3-6-10-22)24-16-21(29)17-27-28(24)31-19(2)33(27)23-11-7-4-8-12-23/h3-17H,1-2H3. The smallest absolute Gasteiger partial charge is 0.126 e. The Bertz CT molecular complexity index is 1630. The first-order valence-electron chi connectivity index (χ1n) is 10.9. The lowest BCUT2D eigenvalue weighted by Gasteiger charge is -2.09. The fourth-order valence-electron chi connectivity index (χ4n) is 4.65. The van der Waals surface area contributed by atoms with E-state index in [0.29, 0.717) is 0 Å². The molecule has 160 valence electrons. The number of aryl methyl sites for hydroxylation is 2. The normalized spacial score (nSPS) is 11.5. The van der Waals surface area contributed by atoms with Crippen molar-refractivity contribution < 1.29 is 4.39 Å². The quantitative estimate of drug-likeness (QED) is 0.309. The zero-order valence-corrected chi connectivity index (χ0v) is 18.3. The van der Waals surface area contributed by atoms with Crippen LogP contribution in [-0.4, -0.2) is 19.1 Å². The van der Waals surface area contributed by atoms with E-state index in [9.17, 15) is 4.39 Å². The van der Waals surface area contributed by atoms with Crippen LogP contribution in [0.4, 0.5) is 4.39 Å². The van der Waals surface area contributed by atoms with Crippen LogP contribution in [0.5, 0.6) is 0 Å². The molecule has 5 heteroatoms. The van der Waals surface area contributed by atoms with Gasteiger partial charge in [-0.05, 0) is 61.9 Å².